The fourth-order valence-corrected chi connectivity index (χ4v) is 5.70. The minimum atomic E-state index is -0.467. The summed E-state index contributed by atoms with van der Waals surface area (Å²) in [5.41, 5.74) is 3.79. The summed E-state index contributed by atoms with van der Waals surface area (Å²) >= 11 is 0. The number of aryl methyl sites for hydroxylation is 1. The highest BCUT2D eigenvalue weighted by atomic mass is 16.2. The number of pyridine rings is 1. The van der Waals surface area contributed by atoms with Gasteiger partial charge in [0.2, 0.25) is 0 Å². The molecule has 0 radical (unpaired) electrons. The van der Waals surface area contributed by atoms with Gasteiger partial charge in [0.1, 0.15) is 5.56 Å². The zero-order valence-electron chi connectivity index (χ0n) is 22.2. The number of nitrogens with zero attached hydrogens (tertiary/aromatic N) is 4. The lowest BCUT2D eigenvalue weighted by molar-refractivity contribution is 0.0939. The second-order valence-corrected chi connectivity index (χ2v) is 10.3. The van der Waals surface area contributed by atoms with Gasteiger partial charge in [0.15, 0.2) is 5.65 Å². The Morgan fingerprint density at radius 2 is 1.87 bits per heavy atom. The Balaban J connectivity index is 1.45. The molecule has 0 spiro atoms. The number of nitrogens with one attached hydrogen (secondary N) is 1. The van der Waals surface area contributed by atoms with Crippen molar-refractivity contribution in [2.45, 2.75) is 45.6 Å². The van der Waals surface area contributed by atoms with Crippen LogP contribution in [0.4, 0.5) is 0 Å². The van der Waals surface area contributed by atoms with Gasteiger partial charge < -0.3 is 5.32 Å². The molecule has 1 N–H and O–H groups in total. The average molecular weight is 518 g/mol. The van der Waals surface area contributed by atoms with Crippen molar-refractivity contribution >= 4 is 28.4 Å². The highest BCUT2D eigenvalue weighted by Crippen LogP contribution is 2.28. The lowest BCUT2D eigenvalue weighted by Gasteiger charge is -2.21. The average Bonchev–Trinajstić information content (AvgIpc) is 3.59. The van der Waals surface area contributed by atoms with Gasteiger partial charge in [-0.05, 0) is 67.8 Å². The summed E-state index contributed by atoms with van der Waals surface area (Å²) in [7, 11) is 0. The summed E-state index contributed by atoms with van der Waals surface area (Å²) < 4.78 is 3.33. The van der Waals surface area contributed by atoms with Crippen molar-refractivity contribution in [2.75, 3.05) is 0 Å². The van der Waals surface area contributed by atoms with Crippen LogP contribution < -0.4 is 10.9 Å². The lowest BCUT2D eigenvalue weighted by atomic mass is 10.0. The number of rotatable bonds is 6. The lowest BCUT2D eigenvalue weighted by Crippen LogP contribution is -2.32. The molecule has 3 aromatic heterocycles. The molecular weight excluding hydrogens is 486 g/mol. The normalized spacial score (nSPS) is 14.9. The van der Waals surface area contributed by atoms with E-state index in [1.807, 2.05) is 61.5 Å². The van der Waals surface area contributed by atoms with Crippen LogP contribution in [0.25, 0.3) is 28.2 Å². The topological polar surface area (TPSA) is 81.3 Å². The van der Waals surface area contributed by atoms with Crippen LogP contribution in [-0.2, 0) is 0 Å². The van der Waals surface area contributed by atoms with E-state index in [0.29, 0.717) is 33.9 Å². The van der Waals surface area contributed by atoms with Crippen LogP contribution in [0.2, 0.25) is 0 Å². The van der Waals surface area contributed by atoms with Crippen molar-refractivity contribution in [2.24, 2.45) is 5.92 Å². The monoisotopic (exact) mass is 517 g/mol. The van der Waals surface area contributed by atoms with E-state index in [1.165, 1.54) is 25.7 Å². The van der Waals surface area contributed by atoms with Crippen molar-refractivity contribution in [3.63, 3.8) is 0 Å². The first-order valence-electron chi connectivity index (χ1n) is 13.5. The number of carbonyl (C=O) groups is 1. The van der Waals surface area contributed by atoms with Gasteiger partial charge in [-0.2, -0.15) is 5.10 Å². The first-order valence-corrected chi connectivity index (χ1v) is 13.5. The van der Waals surface area contributed by atoms with Crippen LogP contribution in [-0.4, -0.2) is 25.1 Å². The van der Waals surface area contributed by atoms with Gasteiger partial charge in [0.05, 0.1) is 17.1 Å². The number of carbonyl (C=O) groups excluding carboxylic acids is 1. The number of benzene rings is 2. The second-order valence-electron chi connectivity index (χ2n) is 10.3. The van der Waals surface area contributed by atoms with Crippen molar-refractivity contribution in [1.29, 1.82) is 0 Å². The molecule has 5 aromatic rings. The molecule has 3 heterocycles. The van der Waals surface area contributed by atoms with E-state index in [2.05, 4.69) is 27.6 Å². The van der Waals surface area contributed by atoms with E-state index in [9.17, 15) is 9.59 Å². The Labute approximate surface area is 226 Å². The molecule has 196 valence electrons. The molecule has 6 rings (SSSR count). The third-order valence-electron chi connectivity index (χ3n) is 7.66. The maximum Gasteiger partial charge on any atom is 0.263 e. The number of para-hydroxylation sites is 1. The maximum absolute atomic E-state index is 14.2. The second kappa shape index (κ2) is 10.3. The number of allylic oxidation sites excluding steroid dienone is 1. The molecule has 1 atom stereocenters. The minimum Gasteiger partial charge on any atom is -0.344 e. The Bertz CT molecular complexity index is 1760. The first kappa shape index (κ1) is 24.8. The summed E-state index contributed by atoms with van der Waals surface area (Å²) in [4.78, 5) is 32.0. The standard InChI is InChI=1S/C32H31N5O2/c1-21(34-31(38)28-22(2)35-36-19-9-18-33-30(28)36)27-20-25-13-8-12-24(17-16-23-10-6-7-11-23)29(25)32(39)37(27)26-14-4-3-5-15-26/h3-5,8-9,12-21,23H,6-7,10-11H2,1-2H3,(H,34,38)/b17-16+. The third kappa shape index (κ3) is 4.65. The minimum absolute atomic E-state index is 0.102. The molecule has 39 heavy (non-hydrogen) atoms. The largest absolute Gasteiger partial charge is 0.344 e. The molecule has 1 amide bonds. The van der Waals surface area contributed by atoms with Gasteiger partial charge in [0.25, 0.3) is 11.5 Å². The van der Waals surface area contributed by atoms with Crippen LogP contribution in [0.5, 0.6) is 0 Å². The van der Waals surface area contributed by atoms with Gasteiger partial charge in [-0.3, -0.25) is 14.2 Å². The van der Waals surface area contributed by atoms with Crippen molar-refractivity contribution in [3.05, 3.63) is 112 Å². The Morgan fingerprint density at radius 3 is 2.67 bits per heavy atom. The van der Waals surface area contributed by atoms with Crippen molar-refractivity contribution in [3.8, 4) is 5.69 Å². The predicted molar refractivity (Wildman–Crippen MR) is 154 cm³/mol. The summed E-state index contributed by atoms with van der Waals surface area (Å²) in [6.45, 7) is 3.70. The number of amides is 1. The van der Waals surface area contributed by atoms with Gasteiger partial charge in [-0.15, -0.1) is 0 Å². The van der Waals surface area contributed by atoms with Gasteiger partial charge in [-0.25, -0.2) is 9.50 Å². The predicted octanol–water partition coefficient (Wildman–Crippen LogP) is 6.04. The highest BCUT2D eigenvalue weighted by Gasteiger charge is 2.23. The smallest absolute Gasteiger partial charge is 0.263 e. The summed E-state index contributed by atoms with van der Waals surface area (Å²) in [5.74, 6) is 0.290. The van der Waals surface area contributed by atoms with Crippen molar-refractivity contribution in [1.82, 2.24) is 24.5 Å². The molecule has 0 saturated heterocycles. The van der Waals surface area contributed by atoms with E-state index >= 15 is 0 Å². The molecule has 2 aromatic carbocycles. The van der Waals surface area contributed by atoms with Crippen LogP contribution in [0, 0.1) is 12.8 Å². The molecule has 7 heteroatoms. The molecule has 7 nitrogen and oxygen atoms in total. The van der Waals surface area contributed by atoms with Gasteiger partial charge in [0, 0.05) is 23.8 Å². The third-order valence-corrected chi connectivity index (χ3v) is 7.66. The van der Waals surface area contributed by atoms with E-state index in [0.717, 1.165) is 16.6 Å². The molecule has 1 unspecified atom stereocenters. The Morgan fingerprint density at radius 1 is 1.08 bits per heavy atom. The van der Waals surface area contributed by atoms with E-state index in [4.69, 9.17) is 0 Å². The number of aromatic nitrogens is 4. The molecule has 1 saturated carbocycles. The van der Waals surface area contributed by atoms with Crippen LogP contribution in [0.3, 0.4) is 0 Å². The Kier molecular flexibility index (Phi) is 6.57. The summed E-state index contributed by atoms with van der Waals surface area (Å²) in [6.07, 6.45) is 12.7. The molecule has 1 aliphatic carbocycles. The first-order chi connectivity index (χ1) is 19.0. The summed E-state index contributed by atoms with van der Waals surface area (Å²) in [6, 6.07) is 18.9. The quantitative estimate of drug-likeness (QED) is 0.298. The van der Waals surface area contributed by atoms with Gasteiger partial charge in [-0.1, -0.05) is 61.4 Å². The molecular formula is C32H31N5O2. The number of hydrogen-bond acceptors (Lipinski definition) is 4. The fraction of sp³-hybridized carbons (Fsp3) is 0.250. The number of fused-ring (bicyclic) bond motifs is 2. The van der Waals surface area contributed by atoms with Gasteiger partial charge >= 0.3 is 0 Å². The van der Waals surface area contributed by atoms with Crippen LogP contribution in [0.1, 0.15) is 66.0 Å². The van der Waals surface area contributed by atoms with Crippen LogP contribution in [0.15, 0.2) is 83.9 Å². The molecule has 0 bridgehead atoms. The van der Waals surface area contributed by atoms with E-state index in [-0.39, 0.29) is 11.5 Å². The fourth-order valence-electron chi connectivity index (χ4n) is 5.70. The zero-order valence-corrected chi connectivity index (χ0v) is 22.2. The Hall–Kier alpha value is -4.52. The maximum atomic E-state index is 14.2. The van der Waals surface area contributed by atoms with E-state index in [1.54, 1.807) is 34.5 Å². The zero-order chi connectivity index (χ0) is 26.9. The molecule has 0 aliphatic heterocycles. The van der Waals surface area contributed by atoms with Crippen molar-refractivity contribution < 1.29 is 4.79 Å². The molecule has 1 aliphatic rings. The highest BCUT2D eigenvalue weighted by molar-refractivity contribution is 6.01. The SMILES string of the molecule is Cc1nn2cccnc2c1C(=O)NC(C)c1cc2cccc(/C=C/C3CCCC3)c2c(=O)n1-c1ccccc1. The van der Waals surface area contributed by atoms with Crippen LogP contribution >= 0.6 is 0 Å². The number of hydrogen-bond donors (Lipinski definition) is 1. The summed E-state index contributed by atoms with van der Waals surface area (Å²) in [5, 5.41) is 9.06. The molecule has 1 fully saturated rings. The van der Waals surface area contributed by atoms with E-state index < -0.39 is 6.04 Å².